The number of nitrogens with one attached hydrogen (secondary N) is 1. The molecule has 2 heterocycles. The van der Waals surface area contributed by atoms with E-state index in [0.717, 1.165) is 6.42 Å². The van der Waals surface area contributed by atoms with Crippen LogP contribution in [0.5, 0.6) is 0 Å². The number of nitrogen functional groups attached to an aromatic ring is 1. The Hall–Kier alpha value is -1.08. The van der Waals surface area contributed by atoms with E-state index in [2.05, 4.69) is 10.2 Å². The van der Waals surface area contributed by atoms with E-state index in [-0.39, 0.29) is 16.8 Å². The summed E-state index contributed by atoms with van der Waals surface area (Å²) in [6.07, 6.45) is 2.15. The number of aromatic amines is 1. The number of H-pyrrole nitrogens is 1. The zero-order chi connectivity index (χ0) is 11.9. The van der Waals surface area contributed by atoms with Gasteiger partial charge in [0, 0.05) is 12.6 Å². The SMILES string of the molecule is CC1CC(C)N(S(=O)(=O)c2cn[nH]c2N)C1. The van der Waals surface area contributed by atoms with Gasteiger partial charge < -0.3 is 5.73 Å². The van der Waals surface area contributed by atoms with Gasteiger partial charge in [0.1, 0.15) is 10.7 Å². The molecule has 1 fully saturated rings. The van der Waals surface area contributed by atoms with Crippen LogP contribution in [-0.2, 0) is 10.0 Å². The summed E-state index contributed by atoms with van der Waals surface area (Å²) >= 11 is 0. The highest BCUT2D eigenvalue weighted by atomic mass is 32.2. The molecule has 1 aliphatic rings. The van der Waals surface area contributed by atoms with Crippen molar-refractivity contribution < 1.29 is 8.42 Å². The Kier molecular flexibility index (Phi) is 2.67. The highest BCUT2D eigenvalue weighted by molar-refractivity contribution is 7.89. The van der Waals surface area contributed by atoms with Crippen LogP contribution in [0.2, 0.25) is 0 Å². The van der Waals surface area contributed by atoms with Crippen molar-refractivity contribution in [1.29, 1.82) is 0 Å². The normalized spacial score (nSPS) is 27.4. The minimum absolute atomic E-state index is 0.0225. The monoisotopic (exact) mass is 244 g/mol. The summed E-state index contributed by atoms with van der Waals surface area (Å²) in [7, 11) is -3.49. The summed E-state index contributed by atoms with van der Waals surface area (Å²) in [4.78, 5) is 0.0773. The average molecular weight is 244 g/mol. The van der Waals surface area contributed by atoms with E-state index < -0.39 is 10.0 Å². The van der Waals surface area contributed by atoms with Crippen molar-refractivity contribution in [2.75, 3.05) is 12.3 Å². The molecule has 90 valence electrons. The lowest BCUT2D eigenvalue weighted by atomic mass is 10.1. The molecule has 2 atom stereocenters. The van der Waals surface area contributed by atoms with Gasteiger partial charge in [-0.05, 0) is 19.3 Å². The van der Waals surface area contributed by atoms with Crippen molar-refractivity contribution >= 4 is 15.8 Å². The Labute approximate surface area is 94.9 Å². The third-order valence-electron chi connectivity index (χ3n) is 2.95. The molecule has 1 aromatic heterocycles. The average Bonchev–Trinajstić information content (AvgIpc) is 2.72. The third kappa shape index (κ3) is 1.69. The summed E-state index contributed by atoms with van der Waals surface area (Å²) in [6.45, 7) is 4.51. The van der Waals surface area contributed by atoms with E-state index in [1.54, 1.807) is 0 Å². The van der Waals surface area contributed by atoms with Crippen LogP contribution in [-0.4, -0.2) is 35.5 Å². The van der Waals surface area contributed by atoms with Crippen molar-refractivity contribution in [2.45, 2.75) is 31.2 Å². The number of nitrogens with zero attached hydrogens (tertiary/aromatic N) is 2. The molecule has 0 saturated carbocycles. The second kappa shape index (κ2) is 3.74. The molecule has 0 aromatic carbocycles. The highest BCUT2D eigenvalue weighted by Crippen LogP contribution is 2.30. The molecule has 16 heavy (non-hydrogen) atoms. The summed E-state index contributed by atoms with van der Waals surface area (Å²) in [5.41, 5.74) is 5.55. The maximum absolute atomic E-state index is 12.3. The van der Waals surface area contributed by atoms with E-state index in [1.165, 1.54) is 10.5 Å². The first kappa shape index (κ1) is 11.4. The van der Waals surface area contributed by atoms with Crippen LogP contribution in [0, 0.1) is 5.92 Å². The first-order valence-corrected chi connectivity index (χ1v) is 6.67. The van der Waals surface area contributed by atoms with E-state index in [1.807, 2.05) is 13.8 Å². The number of hydrogen-bond acceptors (Lipinski definition) is 4. The molecule has 7 heteroatoms. The van der Waals surface area contributed by atoms with Gasteiger partial charge in [0.05, 0.1) is 6.20 Å². The molecule has 0 aliphatic carbocycles. The molecule has 0 radical (unpaired) electrons. The zero-order valence-corrected chi connectivity index (χ0v) is 10.2. The highest BCUT2D eigenvalue weighted by Gasteiger charge is 2.37. The van der Waals surface area contributed by atoms with Crippen LogP contribution >= 0.6 is 0 Å². The Bertz CT molecular complexity index is 481. The first-order valence-electron chi connectivity index (χ1n) is 5.23. The number of nitrogens with two attached hydrogens (primary N) is 1. The molecule has 2 rings (SSSR count). The molecule has 0 amide bonds. The minimum atomic E-state index is -3.49. The lowest BCUT2D eigenvalue weighted by Crippen LogP contribution is -2.34. The van der Waals surface area contributed by atoms with Crippen molar-refractivity contribution in [2.24, 2.45) is 5.92 Å². The molecule has 3 N–H and O–H groups in total. The summed E-state index contributed by atoms with van der Waals surface area (Å²) in [6, 6.07) is 0.0225. The van der Waals surface area contributed by atoms with E-state index >= 15 is 0 Å². The molecule has 1 aromatic rings. The quantitative estimate of drug-likeness (QED) is 0.788. The number of sulfonamides is 1. The van der Waals surface area contributed by atoms with Gasteiger partial charge in [-0.15, -0.1) is 0 Å². The standard InChI is InChI=1S/C9H16N4O2S/c1-6-3-7(2)13(5-6)16(14,15)8-4-11-12-9(8)10/h4,6-7H,3,5H2,1-2H3,(H3,10,11,12). The maximum atomic E-state index is 12.3. The molecule has 2 unspecified atom stereocenters. The molecular formula is C9H16N4O2S. The van der Waals surface area contributed by atoms with Gasteiger partial charge >= 0.3 is 0 Å². The fourth-order valence-corrected chi connectivity index (χ4v) is 3.99. The predicted molar refractivity (Wildman–Crippen MR) is 60.1 cm³/mol. The molecule has 1 saturated heterocycles. The zero-order valence-electron chi connectivity index (χ0n) is 9.34. The van der Waals surface area contributed by atoms with E-state index in [9.17, 15) is 8.42 Å². The maximum Gasteiger partial charge on any atom is 0.248 e. The second-order valence-corrected chi connectivity index (χ2v) is 6.27. The fraction of sp³-hybridized carbons (Fsp3) is 0.667. The smallest absolute Gasteiger partial charge is 0.248 e. The van der Waals surface area contributed by atoms with Crippen molar-refractivity contribution in [3.63, 3.8) is 0 Å². The van der Waals surface area contributed by atoms with Crippen LogP contribution in [0.15, 0.2) is 11.1 Å². The van der Waals surface area contributed by atoms with Gasteiger partial charge in [-0.2, -0.15) is 9.40 Å². The Morgan fingerprint density at radius 1 is 1.56 bits per heavy atom. The van der Waals surface area contributed by atoms with Crippen LogP contribution in [0.25, 0.3) is 0 Å². The predicted octanol–water partition coefficient (Wildman–Crippen LogP) is 0.411. The van der Waals surface area contributed by atoms with Gasteiger partial charge in [-0.25, -0.2) is 8.42 Å². The van der Waals surface area contributed by atoms with Gasteiger partial charge in [0.25, 0.3) is 0 Å². The largest absolute Gasteiger partial charge is 0.383 e. The van der Waals surface area contributed by atoms with Crippen molar-refractivity contribution in [3.05, 3.63) is 6.20 Å². The third-order valence-corrected chi connectivity index (χ3v) is 4.95. The number of aromatic nitrogens is 2. The molecule has 0 spiro atoms. The molecule has 0 bridgehead atoms. The molecule has 1 aliphatic heterocycles. The number of hydrogen-bond donors (Lipinski definition) is 2. The summed E-state index contributed by atoms with van der Waals surface area (Å²) in [5.74, 6) is 0.490. The van der Waals surface area contributed by atoms with Crippen LogP contribution in [0.3, 0.4) is 0 Å². The van der Waals surface area contributed by atoms with E-state index in [4.69, 9.17) is 5.73 Å². The Morgan fingerprint density at radius 3 is 2.69 bits per heavy atom. The van der Waals surface area contributed by atoms with Crippen molar-refractivity contribution in [3.8, 4) is 0 Å². The van der Waals surface area contributed by atoms with Crippen molar-refractivity contribution in [1.82, 2.24) is 14.5 Å². The molecular weight excluding hydrogens is 228 g/mol. The number of anilines is 1. The fourth-order valence-electron chi connectivity index (χ4n) is 2.21. The number of rotatable bonds is 2. The topological polar surface area (TPSA) is 92.1 Å². The Balaban J connectivity index is 2.37. The van der Waals surface area contributed by atoms with E-state index in [0.29, 0.717) is 12.5 Å². The second-order valence-electron chi connectivity index (χ2n) is 4.41. The van der Waals surface area contributed by atoms with Gasteiger partial charge in [-0.3, -0.25) is 5.10 Å². The van der Waals surface area contributed by atoms with Crippen LogP contribution < -0.4 is 5.73 Å². The first-order chi connectivity index (χ1) is 7.43. The van der Waals surface area contributed by atoms with Crippen LogP contribution in [0.1, 0.15) is 20.3 Å². The lowest BCUT2D eigenvalue weighted by molar-refractivity contribution is 0.406. The summed E-state index contributed by atoms with van der Waals surface area (Å²) < 4.78 is 26.0. The van der Waals surface area contributed by atoms with Gasteiger partial charge in [-0.1, -0.05) is 6.92 Å². The Morgan fingerprint density at radius 2 is 2.25 bits per heavy atom. The minimum Gasteiger partial charge on any atom is -0.383 e. The van der Waals surface area contributed by atoms with Crippen LogP contribution in [0.4, 0.5) is 5.82 Å². The molecule has 6 nitrogen and oxygen atoms in total. The van der Waals surface area contributed by atoms with Gasteiger partial charge in [0.2, 0.25) is 10.0 Å². The summed E-state index contributed by atoms with van der Waals surface area (Å²) in [5, 5.41) is 6.09. The lowest BCUT2D eigenvalue weighted by Gasteiger charge is -2.20. The van der Waals surface area contributed by atoms with Gasteiger partial charge in [0.15, 0.2) is 0 Å².